The maximum Gasteiger partial charge on any atom is 0.158 e. The molecule has 0 amide bonds. The summed E-state index contributed by atoms with van der Waals surface area (Å²) < 4.78 is 5.24. The number of β-amino-alcohol motifs (C(OH)–C–C–N with tert-alkyl or cyclic N) is 2. The fourth-order valence-electron chi connectivity index (χ4n) is 1.88. The summed E-state index contributed by atoms with van der Waals surface area (Å²) in [4.78, 5) is 10.2. The Bertz CT molecular complexity index is 405. The van der Waals surface area contributed by atoms with Crippen molar-refractivity contribution in [1.82, 2.24) is 9.97 Å². The Morgan fingerprint density at radius 1 is 1.39 bits per heavy atom. The summed E-state index contributed by atoms with van der Waals surface area (Å²) in [5.74, 6) is 1.46. The average Bonchev–Trinajstić information content (AvgIpc) is 2.66. The number of rotatable bonds is 4. The zero-order valence-electron chi connectivity index (χ0n) is 10.3. The first kappa shape index (κ1) is 13.0. The van der Waals surface area contributed by atoms with Gasteiger partial charge in [0.2, 0.25) is 0 Å². The molecule has 1 aliphatic heterocycles. The van der Waals surface area contributed by atoms with Gasteiger partial charge in [-0.1, -0.05) is 0 Å². The van der Waals surface area contributed by atoms with Gasteiger partial charge in [0.25, 0.3) is 0 Å². The maximum absolute atomic E-state index is 9.52. The monoisotopic (exact) mass is 254 g/mol. The van der Waals surface area contributed by atoms with Gasteiger partial charge in [-0.05, 0) is 6.92 Å². The van der Waals surface area contributed by atoms with Crippen molar-refractivity contribution in [2.45, 2.75) is 25.7 Å². The Kier molecular flexibility index (Phi) is 3.95. The Balaban J connectivity index is 2.15. The van der Waals surface area contributed by atoms with Gasteiger partial charge >= 0.3 is 0 Å². The second-order valence-corrected chi connectivity index (χ2v) is 4.24. The lowest BCUT2D eigenvalue weighted by molar-refractivity contribution is 0.0572. The van der Waals surface area contributed by atoms with E-state index >= 15 is 0 Å². The van der Waals surface area contributed by atoms with Gasteiger partial charge in [-0.2, -0.15) is 0 Å². The first-order valence-corrected chi connectivity index (χ1v) is 5.92. The third-order valence-corrected chi connectivity index (χ3v) is 2.80. The fourth-order valence-corrected chi connectivity index (χ4v) is 1.88. The molecule has 0 spiro atoms. The molecule has 1 fully saturated rings. The van der Waals surface area contributed by atoms with Crippen molar-refractivity contribution in [3.05, 3.63) is 11.9 Å². The van der Waals surface area contributed by atoms with Crippen molar-refractivity contribution >= 4 is 11.6 Å². The van der Waals surface area contributed by atoms with Crippen molar-refractivity contribution in [2.24, 2.45) is 0 Å². The molecule has 1 aromatic heterocycles. The Labute approximate surface area is 105 Å². The van der Waals surface area contributed by atoms with Gasteiger partial charge in [0.1, 0.15) is 18.2 Å². The predicted molar refractivity (Wildman–Crippen MR) is 66.0 cm³/mol. The van der Waals surface area contributed by atoms with Crippen LogP contribution >= 0.6 is 0 Å². The summed E-state index contributed by atoms with van der Waals surface area (Å²) in [6.45, 7) is 3.44. The van der Waals surface area contributed by atoms with Crippen molar-refractivity contribution < 1.29 is 14.9 Å². The molecule has 18 heavy (non-hydrogen) atoms. The van der Waals surface area contributed by atoms with Crippen LogP contribution in [-0.4, -0.2) is 52.1 Å². The molecule has 0 aliphatic carbocycles. The molecule has 100 valence electrons. The number of ether oxygens (including phenoxy) is 1. The number of hydrogen-bond acceptors (Lipinski definition) is 7. The average molecular weight is 254 g/mol. The molecular weight excluding hydrogens is 236 g/mol. The highest BCUT2D eigenvalue weighted by molar-refractivity contribution is 5.48. The molecule has 2 atom stereocenters. The molecular formula is C11H18N4O3. The van der Waals surface area contributed by atoms with Crippen molar-refractivity contribution in [3.8, 4) is 0 Å². The van der Waals surface area contributed by atoms with Gasteiger partial charge in [0.05, 0.1) is 12.2 Å². The van der Waals surface area contributed by atoms with Crippen LogP contribution in [0.3, 0.4) is 0 Å². The van der Waals surface area contributed by atoms with E-state index in [1.807, 2.05) is 6.92 Å². The molecule has 4 N–H and O–H groups in total. The molecule has 0 radical (unpaired) electrons. The highest BCUT2D eigenvalue weighted by Gasteiger charge is 2.30. The van der Waals surface area contributed by atoms with Crippen LogP contribution in [0, 0.1) is 0 Å². The van der Waals surface area contributed by atoms with E-state index in [4.69, 9.17) is 10.5 Å². The van der Waals surface area contributed by atoms with Crippen LogP contribution in [0.25, 0.3) is 0 Å². The number of nitrogens with zero attached hydrogens (tertiary/aromatic N) is 3. The topological polar surface area (TPSA) is 105 Å². The second kappa shape index (κ2) is 5.47. The second-order valence-electron chi connectivity index (χ2n) is 4.24. The van der Waals surface area contributed by atoms with Crippen LogP contribution in [0.15, 0.2) is 6.07 Å². The van der Waals surface area contributed by atoms with Crippen LogP contribution < -0.4 is 10.6 Å². The SMILES string of the molecule is CCOCc1nc(N)cc(N2CC(O)C(O)C2)n1. The lowest BCUT2D eigenvalue weighted by Crippen LogP contribution is -2.23. The summed E-state index contributed by atoms with van der Waals surface area (Å²) in [6.07, 6.45) is -1.51. The van der Waals surface area contributed by atoms with Crippen molar-refractivity contribution in [2.75, 3.05) is 30.3 Å². The van der Waals surface area contributed by atoms with E-state index < -0.39 is 12.2 Å². The van der Waals surface area contributed by atoms with E-state index in [1.54, 1.807) is 11.0 Å². The number of aromatic nitrogens is 2. The van der Waals surface area contributed by atoms with Crippen LogP contribution in [0.1, 0.15) is 12.7 Å². The minimum Gasteiger partial charge on any atom is -0.389 e. The van der Waals surface area contributed by atoms with E-state index in [9.17, 15) is 10.2 Å². The molecule has 0 bridgehead atoms. The largest absolute Gasteiger partial charge is 0.389 e. The van der Waals surface area contributed by atoms with Gasteiger partial charge in [-0.3, -0.25) is 0 Å². The lowest BCUT2D eigenvalue weighted by atomic mass is 10.3. The molecule has 1 aromatic rings. The standard InChI is InChI=1S/C11H18N4O3/c1-2-18-6-10-13-9(12)3-11(14-10)15-4-7(16)8(17)5-15/h3,7-8,16-17H,2,4-6H2,1H3,(H2,12,13,14). The molecule has 0 saturated carbocycles. The maximum atomic E-state index is 9.52. The first-order chi connectivity index (χ1) is 8.60. The zero-order valence-corrected chi connectivity index (χ0v) is 10.3. The molecule has 1 aliphatic rings. The quantitative estimate of drug-likeness (QED) is 0.642. The number of nitrogens with two attached hydrogens (primary N) is 1. The highest BCUT2D eigenvalue weighted by Crippen LogP contribution is 2.20. The molecule has 7 heteroatoms. The van der Waals surface area contributed by atoms with Crippen LogP contribution in [0.5, 0.6) is 0 Å². The van der Waals surface area contributed by atoms with E-state index in [1.165, 1.54) is 0 Å². The summed E-state index contributed by atoms with van der Waals surface area (Å²) in [5.41, 5.74) is 5.71. The minimum absolute atomic E-state index is 0.299. The third-order valence-electron chi connectivity index (χ3n) is 2.80. The van der Waals surface area contributed by atoms with E-state index in [0.29, 0.717) is 43.8 Å². The Morgan fingerprint density at radius 2 is 2.06 bits per heavy atom. The van der Waals surface area contributed by atoms with Gasteiger partial charge in [-0.25, -0.2) is 9.97 Å². The first-order valence-electron chi connectivity index (χ1n) is 5.92. The molecule has 2 unspecified atom stereocenters. The van der Waals surface area contributed by atoms with Gasteiger partial charge in [0, 0.05) is 25.8 Å². The molecule has 1 saturated heterocycles. The van der Waals surface area contributed by atoms with E-state index in [-0.39, 0.29) is 0 Å². The molecule has 7 nitrogen and oxygen atoms in total. The van der Waals surface area contributed by atoms with E-state index in [2.05, 4.69) is 9.97 Å². The normalized spacial score (nSPS) is 23.6. The predicted octanol–water partition coefficient (Wildman–Crippen LogP) is -0.863. The highest BCUT2D eigenvalue weighted by atomic mass is 16.5. The lowest BCUT2D eigenvalue weighted by Gasteiger charge is -2.17. The number of aliphatic hydroxyl groups excluding tert-OH is 2. The van der Waals surface area contributed by atoms with Crippen LogP contribution in [0.4, 0.5) is 11.6 Å². The van der Waals surface area contributed by atoms with E-state index in [0.717, 1.165) is 0 Å². The van der Waals surface area contributed by atoms with Crippen molar-refractivity contribution in [3.63, 3.8) is 0 Å². The Hall–Kier alpha value is -1.44. The summed E-state index contributed by atoms with van der Waals surface area (Å²) in [7, 11) is 0. The number of anilines is 2. The van der Waals surface area contributed by atoms with Crippen LogP contribution in [0.2, 0.25) is 0 Å². The van der Waals surface area contributed by atoms with Crippen LogP contribution in [-0.2, 0) is 11.3 Å². The molecule has 2 rings (SSSR count). The van der Waals surface area contributed by atoms with Gasteiger partial charge in [-0.15, -0.1) is 0 Å². The fraction of sp³-hybridized carbons (Fsp3) is 0.636. The number of hydrogen-bond donors (Lipinski definition) is 3. The summed E-state index contributed by atoms with van der Waals surface area (Å²) >= 11 is 0. The van der Waals surface area contributed by atoms with Crippen molar-refractivity contribution in [1.29, 1.82) is 0 Å². The summed E-state index contributed by atoms with van der Waals surface area (Å²) in [5, 5.41) is 19.0. The Morgan fingerprint density at radius 3 is 2.67 bits per heavy atom. The molecule has 2 heterocycles. The summed E-state index contributed by atoms with van der Waals surface area (Å²) in [6, 6.07) is 1.63. The van der Waals surface area contributed by atoms with Gasteiger partial charge < -0.3 is 25.6 Å². The number of aliphatic hydroxyl groups is 2. The molecule has 0 aromatic carbocycles. The number of nitrogen functional groups attached to an aromatic ring is 1. The smallest absolute Gasteiger partial charge is 0.158 e. The zero-order chi connectivity index (χ0) is 13.1. The minimum atomic E-state index is -0.753. The van der Waals surface area contributed by atoms with Gasteiger partial charge in [0.15, 0.2) is 5.82 Å². The third kappa shape index (κ3) is 2.87.